The lowest BCUT2D eigenvalue weighted by molar-refractivity contribution is -0.123. The first kappa shape index (κ1) is 31.6. The zero-order valence-corrected chi connectivity index (χ0v) is 24.7. The van der Waals surface area contributed by atoms with Crippen molar-refractivity contribution in [2.45, 2.75) is 90.8 Å². The van der Waals surface area contributed by atoms with Crippen molar-refractivity contribution < 1.29 is 24.0 Å². The fraction of sp³-hybridized carbons (Fsp3) is 0.484. The van der Waals surface area contributed by atoms with Crippen LogP contribution in [0.4, 0.5) is 4.79 Å². The second-order valence-electron chi connectivity index (χ2n) is 11.4. The molecule has 3 aromatic rings. The van der Waals surface area contributed by atoms with Gasteiger partial charge in [-0.1, -0.05) is 35.5 Å². The molecular formula is C31H43N5O5. The van der Waals surface area contributed by atoms with Gasteiger partial charge in [0.25, 0.3) is 0 Å². The quantitative estimate of drug-likeness (QED) is 0.216. The summed E-state index contributed by atoms with van der Waals surface area (Å²) in [6.45, 7) is 9.74. The molecule has 0 unspecified atom stereocenters. The molecule has 0 saturated heterocycles. The minimum Gasteiger partial charge on any atom is -0.508 e. The Balaban J connectivity index is 1.61. The van der Waals surface area contributed by atoms with Gasteiger partial charge in [-0.3, -0.25) is 4.79 Å². The van der Waals surface area contributed by atoms with E-state index in [1.165, 1.54) is 0 Å². The van der Waals surface area contributed by atoms with Gasteiger partial charge in [-0.05, 0) is 101 Å². The molecule has 0 radical (unpaired) electrons. The number of aromatic hydroxyl groups is 1. The number of aromatic nitrogens is 2. The van der Waals surface area contributed by atoms with Gasteiger partial charge in [0.15, 0.2) is 5.82 Å². The van der Waals surface area contributed by atoms with E-state index in [2.05, 4.69) is 20.8 Å². The van der Waals surface area contributed by atoms with Crippen LogP contribution in [0.25, 0.3) is 0 Å². The number of hydrogen-bond donors (Lipinski definition) is 4. The minimum atomic E-state index is -0.745. The molecule has 222 valence electrons. The lowest BCUT2D eigenvalue weighted by atomic mass is 9.96. The number of hydrogen-bond acceptors (Lipinski definition) is 8. The van der Waals surface area contributed by atoms with Crippen LogP contribution in [-0.2, 0) is 22.4 Å². The number of phenols is 1. The summed E-state index contributed by atoms with van der Waals surface area (Å²) < 4.78 is 10.8. The zero-order chi connectivity index (χ0) is 30.0. The standard InChI is InChI=1S/C31H43N5O5/c1-20-17-23(37)18-21(2)24(20)14-15-25(32)28(38)34-26(13-9-10-16-33-30(39)40-31(3,4)5)29-35-27(36-41-29)19-22-11-7-6-8-12-22/h6-8,11-12,17-18,25-26,37H,9-10,13-16,19,32H2,1-5H3,(H,33,39)(H,34,38)/t25-,26-/m1/s1. The smallest absolute Gasteiger partial charge is 0.407 e. The maximum Gasteiger partial charge on any atom is 0.407 e. The Morgan fingerprint density at radius 2 is 1.76 bits per heavy atom. The number of nitrogens with one attached hydrogen (secondary N) is 2. The molecule has 2 amide bonds. The van der Waals surface area contributed by atoms with Gasteiger partial charge in [-0.2, -0.15) is 4.98 Å². The van der Waals surface area contributed by atoms with Gasteiger partial charge in [-0.25, -0.2) is 4.79 Å². The Labute approximate surface area is 242 Å². The molecule has 0 aliphatic heterocycles. The van der Waals surface area contributed by atoms with Crippen molar-refractivity contribution in [2.24, 2.45) is 5.73 Å². The van der Waals surface area contributed by atoms with Crippen LogP contribution in [0.1, 0.15) is 86.5 Å². The number of carbonyl (C=O) groups excluding carboxylic acids is 2. The SMILES string of the molecule is Cc1cc(O)cc(C)c1CC[C@@H](N)C(=O)N[C@H](CCCCNC(=O)OC(C)(C)C)c1nc(Cc2ccccc2)no1. The monoisotopic (exact) mass is 565 g/mol. The van der Waals surface area contributed by atoms with Crippen LogP contribution in [0.2, 0.25) is 0 Å². The highest BCUT2D eigenvalue weighted by Gasteiger charge is 2.24. The third-order valence-corrected chi connectivity index (χ3v) is 6.61. The molecule has 1 heterocycles. The number of amides is 2. The number of carbonyl (C=O) groups is 2. The van der Waals surface area contributed by atoms with Crippen LogP contribution in [-0.4, -0.2) is 45.4 Å². The maximum atomic E-state index is 13.1. The highest BCUT2D eigenvalue weighted by molar-refractivity contribution is 5.81. The van der Waals surface area contributed by atoms with Gasteiger partial charge in [0, 0.05) is 13.0 Å². The molecule has 0 bridgehead atoms. The number of nitrogens with zero attached hydrogens (tertiary/aromatic N) is 2. The van der Waals surface area contributed by atoms with Crippen molar-refractivity contribution in [1.29, 1.82) is 0 Å². The highest BCUT2D eigenvalue weighted by atomic mass is 16.6. The molecule has 2 atom stereocenters. The van der Waals surface area contributed by atoms with Crippen LogP contribution in [0.15, 0.2) is 47.0 Å². The molecule has 10 heteroatoms. The molecule has 41 heavy (non-hydrogen) atoms. The summed E-state index contributed by atoms with van der Waals surface area (Å²) in [4.78, 5) is 29.6. The summed E-state index contributed by atoms with van der Waals surface area (Å²) in [5.41, 5.74) is 9.79. The van der Waals surface area contributed by atoms with Crippen LogP contribution < -0.4 is 16.4 Å². The number of aryl methyl sites for hydroxylation is 2. The van der Waals surface area contributed by atoms with E-state index in [1.54, 1.807) is 12.1 Å². The Bertz CT molecular complexity index is 1260. The van der Waals surface area contributed by atoms with Crippen molar-refractivity contribution in [3.8, 4) is 5.75 Å². The summed E-state index contributed by atoms with van der Waals surface area (Å²) in [6.07, 6.45) is 2.96. The molecule has 0 aliphatic carbocycles. The number of unbranched alkanes of at least 4 members (excludes halogenated alkanes) is 1. The van der Waals surface area contributed by atoms with Crippen molar-refractivity contribution >= 4 is 12.0 Å². The second-order valence-corrected chi connectivity index (χ2v) is 11.4. The average molecular weight is 566 g/mol. The number of rotatable bonds is 13. The summed E-state index contributed by atoms with van der Waals surface area (Å²) >= 11 is 0. The second kappa shape index (κ2) is 14.6. The molecule has 1 aromatic heterocycles. The number of benzene rings is 2. The van der Waals surface area contributed by atoms with E-state index in [-0.39, 0.29) is 11.7 Å². The predicted molar refractivity (Wildman–Crippen MR) is 156 cm³/mol. The number of nitrogens with two attached hydrogens (primary N) is 1. The van der Waals surface area contributed by atoms with Crippen molar-refractivity contribution in [3.63, 3.8) is 0 Å². The van der Waals surface area contributed by atoms with E-state index in [0.717, 1.165) is 22.3 Å². The molecule has 0 aliphatic rings. The van der Waals surface area contributed by atoms with Gasteiger partial charge in [0.1, 0.15) is 17.4 Å². The Morgan fingerprint density at radius 1 is 1.07 bits per heavy atom. The third-order valence-electron chi connectivity index (χ3n) is 6.61. The summed E-state index contributed by atoms with van der Waals surface area (Å²) in [7, 11) is 0. The molecule has 0 fully saturated rings. The molecule has 0 spiro atoms. The van der Waals surface area contributed by atoms with E-state index in [9.17, 15) is 14.7 Å². The van der Waals surface area contributed by atoms with Crippen LogP contribution in [0, 0.1) is 13.8 Å². The highest BCUT2D eigenvalue weighted by Crippen LogP contribution is 2.23. The van der Waals surface area contributed by atoms with E-state index in [4.69, 9.17) is 15.0 Å². The van der Waals surface area contributed by atoms with E-state index in [1.807, 2.05) is 65.0 Å². The van der Waals surface area contributed by atoms with Gasteiger partial charge in [-0.15, -0.1) is 0 Å². The third kappa shape index (κ3) is 10.5. The lowest BCUT2D eigenvalue weighted by Gasteiger charge is -2.20. The summed E-state index contributed by atoms with van der Waals surface area (Å²) in [5.74, 6) is 0.765. The number of ether oxygens (including phenoxy) is 1. The zero-order valence-electron chi connectivity index (χ0n) is 24.7. The predicted octanol–water partition coefficient (Wildman–Crippen LogP) is 4.80. The van der Waals surface area contributed by atoms with Crippen molar-refractivity contribution in [1.82, 2.24) is 20.8 Å². The normalized spacial score (nSPS) is 12.9. The summed E-state index contributed by atoms with van der Waals surface area (Å²) in [5, 5.41) is 19.7. The molecule has 2 aromatic carbocycles. The minimum absolute atomic E-state index is 0.223. The molecular weight excluding hydrogens is 522 g/mol. The maximum absolute atomic E-state index is 13.1. The fourth-order valence-corrected chi connectivity index (χ4v) is 4.57. The number of alkyl carbamates (subject to hydrolysis) is 1. The van der Waals surface area contributed by atoms with Crippen molar-refractivity contribution in [3.05, 3.63) is 76.4 Å². The van der Waals surface area contributed by atoms with E-state index < -0.39 is 23.8 Å². The molecule has 5 N–H and O–H groups in total. The van der Waals surface area contributed by atoms with E-state index in [0.29, 0.717) is 56.8 Å². The topological polar surface area (TPSA) is 153 Å². The fourth-order valence-electron chi connectivity index (χ4n) is 4.57. The molecule has 10 nitrogen and oxygen atoms in total. The molecule has 3 rings (SSSR count). The first-order valence-corrected chi connectivity index (χ1v) is 14.1. The number of phenolic OH excluding ortho intramolecular Hbond substituents is 1. The first-order chi connectivity index (χ1) is 19.4. The van der Waals surface area contributed by atoms with Crippen LogP contribution in [0.3, 0.4) is 0 Å². The van der Waals surface area contributed by atoms with Gasteiger partial charge < -0.3 is 30.7 Å². The average Bonchev–Trinajstić information content (AvgIpc) is 3.34. The summed E-state index contributed by atoms with van der Waals surface area (Å²) in [6, 6.07) is 12.0. The largest absolute Gasteiger partial charge is 0.508 e. The van der Waals surface area contributed by atoms with Gasteiger partial charge in [0.2, 0.25) is 11.8 Å². The Morgan fingerprint density at radius 3 is 2.41 bits per heavy atom. The van der Waals surface area contributed by atoms with Gasteiger partial charge in [0.05, 0.1) is 6.04 Å². The first-order valence-electron chi connectivity index (χ1n) is 14.1. The van der Waals surface area contributed by atoms with E-state index >= 15 is 0 Å². The van der Waals surface area contributed by atoms with Crippen molar-refractivity contribution in [2.75, 3.05) is 6.54 Å². The molecule has 0 saturated carbocycles. The Hall–Kier alpha value is -3.92. The van der Waals surface area contributed by atoms with Crippen LogP contribution in [0.5, 0.6) is 5.75 Å². The van der Waals surface area contributed by atoms with Crippen LogP contribution >= 0.6 is 0 Å². The van der Waals surface area contributed by atoms with Gasteiger partial charge >= 0.3 is 6.09 Å². The lowest BCUT2D eigenvalue weighted by Crippen LogP contribution is -2.42. The Kier molecular flexibility index (Phi) is 11.3.